The lowest BCUT2D eigenvalue weighted by Crippen LogP contribution is -2.33. The number of carbonyl (C=O) groups is 1. The predicted octanol–water partition coefficient (Wildman–Crippen LogP) is 1.07. The van der Waals surface area contributed by atoms with Crippen LogP contribution in [-0.4, -0.2) is 35.7 Å². The number of carbonyl (C=O) groups excluding carboxylic acids is 1. The molecule has 1 heterocycles. The molecule has 0 saturated heterocycles. The summed E-state index contributed by atoms with van der Waals surface area (Å²) < 4.78 is 0. The summed E-state index contributed by atoms with van der Waals surface area (Å²) in [7, 11) is 0. The fourth-order valence-corrected chi connectivity index (χ4v) is 1.94. The Bertz CT molecular complexity index is 657. The summed E-state index contributed by atoms with van der Waals surface area (Å²) in [5.74, 6) is -0.282. The number of nitrogens with one attached hydrogen (secondary N) is 3. The molecule has 114 valence electrons. The Morgan fingerprint density at radius 2 is 1.90 bits per heavy atom. The van der Waals surface area contributed by atoms with Crippen molar-refractivity contribution in [2.45, 2.75) is 13.3 Å². The molecule has 0 saturated carbocycles. The second-order valence-corrected chi connectivity index (χ2v) is 4.45. The molecule has 0 fully saturated rings. The zero-order valence-electron chi connectivity index (χ0n) is 11.8. The lowest BCUT2D eigenvalue weighted by molar-refractivity contribution is 0.0950. The Morgan fingerprint density at radius 1 is 1.19 bits per heavy atom. The lowest BCUT2D eigenvalue weighted by Gasteiger charge is -2.07. The van der Waals surface area contributed by atoms with Crippen molar-refractivity contribution in [2.75, 3.05) is 19.6 Å². The van der Waals surface area contributed by atoms with Crippen molar-refractivity contribution in [3.8, 4) is 0 Å². The number of rotatable bonds is 6. The van der Waals surface area contributed by atoms with Crippen LogP contribution in [0.25, 0.3) is 10.8 Å². The fourth-order valence-electron chi connectivity index (χ4n) is 1.94. The minimum Gasteiger partial charge on any atom is -0.349 e. The van der Waals surface area contributed by atoms with Gasteiger partial charge in [-0.15, -0.1) is 12.4 Å². The summed E-state index contributed by atoms with van der Waals surface area (Å²) in [5.41, 5.74) is -0.0440. The topological polar surface area (TPSA) is 86.9 Å². The second-order valence-electron chi connectivity index (χ2n) is 4.45. The highest BCUT2D eigenvalue weighted by atomic mass is 35.5. The number of benzene rings is 1. The van der Waals surface area contributed by atoms with Gasteiger partial charge in [0.15, 0.2) is 5.69 Å². The van der Waals surface area contributed by atoms with Gasteiger partial charge in [-0.2, -0.15) is 5.10 Å². The van der Waals surface area contributed by atoms with Gasteiger partial charge >= 0.3 is 0 Å². The van der Waals surface area contributed by atoms with Gasteiger partial charge in [-0.05, 0) is 19.0 Å². The van der Waals surface area contributed by atoms with E-state index < -0.39 is 0 Å². The van der Waals surface area contributed by atoms with Crippen LogP contribution in [0.1, 0.15) is 23.8 Å². The summed E-state index contributed by atoms with van der Waals surface area (Å²) in [6.07, 6.45) is 1.06. The number of aromatic nitrogens is 2. The molecule has 2 rings (SSSR count). The first-order chi connectivity index (χ1) is 9.74. The molecule has 21 heavy (non-hydrogen) atoms. The van der Waals surface area contributed by atoms with Crippen LogP contribution in [0.4, 0.5) is 0 Å². The van der Waals surface area contributed by atoms with Gasteiger partial charge in [0.25, 0.3) is 11.5 Å². The first kappa shape index (κ1) is 17.1. The predicted molar refractivity (Wildman–Crippen MR) is 85.1 cm³/mol. The monoisotopic (exact) mass is 310 g/mol. The molecule has 0 unspecified atom stereocenters. The number of halogens is 1. The van der Waals surface area contributed by atoms with Crippen LogP contribution in [-0.2, 0) is 0 Å². The molecule has 0 aliphatic carbocycles. The van der Waals surface area contributed by atoms with E-state index >= 15 is 0 Å². The molecular weight excluding hydrogens is 292 g/mol. The third-order valence-electron chi connectivity index (χ3n) is 2.93. The maximum atomic E-state index is 12.1. The highest BCUT2D eigenvalue weighted by molar-refractivity contribution is 6.04. The van der Waals surface area contributed by atoms with Gasteiger partial charge in [-0.3, -0.25) is 9.59 Å². The lowest BCUT2D eigenvalue weighted by atomic mass is 10.1. The van der Waals surface area contributed by atoms with E-state index in [2.05, 4.69) is 27.8 Å². The van der Waals surface area contributed by atoms with Gasteiger partial charge in [0.1, 0.15) is 0 Å². The third kappa shape index (κ3) is 4.27. The summed E-state index contributed by atoms with van der Waals surface area (Å²) in [4.78, 5) is 23.7. The normalized spacial score (nSPS) is 10.1. The van der Waals surface area contributed by atoms with Crippen molar-refractivity contribution in [2.24, 2.45) is 0 Å². The number of hydrogen-bond donors (Lipinski definition) is 3. The van der Waals surface area contributed by atoms with E-state index in [1.54, 1.807) is 24.3 Å². The van der Waals surface area contributed by atoms with Crippen LogP contribution in [0, 0.1) is 0 Å². The largest absolute Gasteiger partial charge is 0.349 e. The Balaban J connectivity index is 0.00000220. The highest BCUT2D eigenvalue weighted by Gasteiger charge is 2.12. The molecular formula is C14H19ClN4O2. The summed E-state index contributed by atoms with van der Waals surface area (Å²) >= 11 is 0. The molecule has 1 aromatic carbocycles. The van der Waals surface area contributed by atoms with Crippen LogP contribution < -0.4 is 16.2 Å². The average Bonchev–Trinajstić information content (AvgIpc) is 2.47. The Kier molecular flexibility index (Phi) is 6.84. The van der Waals surface area contributed by atoms with Gasteiger partial charge < -0.3 is 10.6 Å². The van der Waals surface area contributed by atoms with Gasteiger partial charge in [0.2, 0.25) is 0 Å². The van der Waals surface area contributed by atoms with Crippen LogP contribution >= 0.6 is 12.4 Å². The Hall–Kier alpha value is -1.92. The maximum Gasteiger partial charge on any atom is 0.272 e. The molecule has 1 amide bonds. The number of aromatic amines is 1. The molecule has 7 heteroatoms. The number of hydrogen-bond acceptors (Lipinski definition) is 4. The summed E-state index contributed by atoms with van der Waals surface area (Å²) in [6.45, 7) is 4.24. The highest BCUT2D eigenvalue weighted by Crippen LogP contribution is 2.11. The smallest absolute Gasteiger partial charge is 0.272 e. The number of H-pyrrole nitrogens is 1. The van der Waals surface area contributed by atoms with Crippen molar-refractivity contribution in [3.63, 3.8) is 0 Å². The zero-order valence-corrected chi connectivity index (χ0v) is 12.6. The molecule has 1 aromatic heterocycles. The van der Waals surface area contributed by atoms with Gasteiger partial charge in [-0.25, -0.2) is 5.10 Å². The van der Waals surface area contributed by atoms with E-state index in [1.165, 1.54) is 0 Å². The molecule has 0 aliphatic heterocycles. The molecule has 3 N–H and O–H groups in total. The van der Waals surface area contributed by atoms with E-state index in [-0.39, 0.29) is 29.6 Å². The molecule has 6 nitrogen and oxygen atoms in total. The quantitative estimate of drug-likeness (QED) is 0.697. The van der Waals surface area contributed by atoms with Gasteiger partial charge in [-0.1, -0.05) is 25.1 Å². The minimum absolute atomic E-state index is 0. The van der Waals surface area contributed by atoms with Crippen LogP contribution in [0.5, 0.6) is 0 Å². The minimum atomic E-state index is -0.290. The van der Waals surface area contributed by atoms with Crippen molar-refractivity contribution >= 4 is 29.1 Å². The van der Waals surface area contributed by atoms with Crippen LogP contribution in [0.15, 0.2) is 29.1 Å². The molecule has 0 radical (unpaired) electrons. The Labute approximate surface area is 128 Å². The number of nitrogens with zero attached hydrogens (tertiary/aromatic N) is 1. The van der Waals surface area contributed by atoms with E-state index in [0.717, 1.165) is 13.0 Å². The first-order valence-electron chi connectivity index (χ1n) is 6.70. The molecule has 0 atom stereocenters. The molecule has 0 bridgehead atoms. The van der Waals surface area contributed by atoms with E-state index in [0.29, 0.717) is 23.9 Å². The second kappa shape index (κ2) is 8.39. The average molecular weight is 311 g/mol. The van der Waals surface area contributed by atoms with Gasteiger partial charge in [0, 0.05) is 18.5 Å². The Morgan fingerprint density at radius 3 is 2.62 bits per heavy atom. The van der Waals surface area contributed by atoms with Crippen LogP contribution in [0.3, 0.4) is 0 Å². The molecule has 2 aromatic rings. The van der Waals surface area contributed by atoms with Crippen molar-refractivity contribution in [3.05, 3.63) is 40.3 Å². The molecule has 0 spiro atoms. The van der Waals surface area contributed by atoms with Crippen LogP contribution in [0.2, 0.25) is 0 Å². The van der Waals surface area contributed by atoms with E-state index in [1.807, 2.05) is 0 Å². The standard InChI is InChI=1S/C14H18N4O2.ClH/c1-2-7-15-8-9-16-14(20)12-10-5-3-4-6-11(10)13(19)18-17-12;/h3-6,15H,2,7-9H2,1H3,(H,16,20)(H,18,19);1H. The van der Waals surface area contributed by atoms with E-state index in [9.17, 15) is 9.59 Å². The number of fused-ring (bicyclic) bond motifs is 1. The van der Waals surface area contributed by atoms with Gasteiger partial charge in [0.05, 0.1) is 5.39 Å². The maximum absolute atomic E-state index is 12.1. The van der Waals surface area contributed by atoms with Crippen molar-refractivity contribution in [1.29, 1.82) is 0 Å². The SMILES string of the molecule is CCCNCCNC(=O)c1n[nH]c(=O)c2ccccc12.Cl. The zero-order chi connectivity index (χ0) is 14.4. The van der Waals surface area contributed by atoms with Crippen molar-refractivity contribution in [1.82, 2.24) is 20.8 Å². The summed E-state index contributed by atoms with van der Waals surface area (Å²) in [6, 6.07) is 6.94. The third-order valence-corrected chi connectivity index (χ3v) is 2.93. The number of amides is 1. The fraction of sp³-hybridized carbons (Fsp3) is 0.357. The first-order valence-corrected chi connectivity index (χ1v) is 6.70. The van der Waals surface area contributed by atoms with Crippen molar-refractivity contribution < 1.29 is 4.79 Å². The molecule has 0 aliphatic rings. The summed E-state index contributed by atoms with van der Waals surface area (Å²) in [5, 5.41) is 13.2. The van der Waals surface area contributed by atoms with E-state index in [4.69, 9.17) is 0 Å².